The summed E-state index contributed by atoms with van der Waals surface area (Å²) in [6.45, 7) is 21.0. The standard InChI is InChI=1S/C32H37FN2/c1-22(2)25(5)26(6)27(7)30-18-19-31(24(4)13-9-8-12-23(3)21-34)35-32(30)17-11-15-28-14-10-16-29(33)20-28/h8-10,12-14,16,18-20,23,25-26H,1,4,7,11,15,17H2,2-3,5-6H3/b12-8-,13-9-. The first kappa shape index (κ1) is 27.7. The number of rotatable bonds is 12. The number of aromatic nitrogens is 1. The summed E-state index contributed by atoms with van der Waals surface area (Å²) in [5, 5.41) is 8.90. The SMILES string of the molecule is C=C(/C=C\C=C/C(C)C#N)c1ccc(C(=C)C(C)C(C)C(=C)C)c(CCCc2cccc(F)c2)n1. The number of allylic oxidation sites excluding steroid dienone is 7. The summed E-state index contributed by atoms with van der Waals surface area (Å²) in [6.07, 6.45) is 9.86. The van der Waals surface area contributed by atoms with Crippen molar-refractivity contribution in [1.29, 1.82) is 5.26 Å². The highest BCUT2D eigenvalue weighted by Gasteiger charge is 2.20. The number of pyridine rings is 1. The Bertz CT molecular complexity index is 1160. The van der Waals surface area contributed by atoms with Crippen LogP contribution in [-0.4, -0.2) is 4.98 Å². The Kier molecular flexibility index (Phi) is 10.6. The van der Waals surface area contributed by atoms with E-state index < -0.39 is 0 Å². The van der Waals surface area contributed by atoms with Crippen LogP contribution in [0.25, 0.3) is 11.1 Å². The average Bonchev–Trinajstić information content (AvgIpc) is 2.84. The zero-order valence-corrected chi connectivity index (χ0v) is 21.5. The highest BCUT2D eigenvalue weighted by atomic mass is 19.1. The van der Waals surface area contributed by atoms with Crippen LogP contribution in [0.15, 0.2) is 86.0 Å². The van der Waals surface area contributed by atoms with E-state index in [2.05, 4.69) is 52.6 Å². The van der Waals surface area contributed by atoms with E-state index >= 15 is 0 Å². The topological polar surface area (TPSA) is 36.7 Å². The van der Waals surface area contributed by atoms with Crippen molar-refractivity contribution >= 4 is 11.1 Å². The monoisotopic (exact) mass is 468 g/mol. The highest BCUT2D eigenvalue weighted by molar-refractivity contribution is 5.73. The van der Waals surface area contributed by atoms with Gasteiger partial charge in [0.15, 0.2) is 0 Å². The number of aryl methyl sites for hydroxylation is 2. The normalized spacial score (nSPS) is 13.9. The van der Waals surface area contributed by atoms with E-state index in [0.717, 1.165) is 58.5 Å². The van der Waals surface area contributed by atoms with Gasteiger partial charge in [-0.2, -0.15) is 5.26 Å². The van der Waals surface area contributed by atoms with Crippen molar-refractivity contribution in [1.82, 2.24) is 4.98 Å². The van der Waals surface area contributed by atoms with E-state index in [1.54, 1.807) is 12.1 Å². The van der Waals surface area contributed by atoms with Crippen LogP contribution in [0.1, 0.15) is 56.6 Å². The summed E-state index contributed by atoms with van der Waals surface area (Å²) in [5.41, 5.74) is 6.81. The molecule has 0 fully saturated rings. The Morgan fingerprint density at radius 1 is 1.06 bits per heavy atom. The summed E-state index contributed by atoms with van der Waals surface area (Å²) in [5.74, 6) is 0.200. The van der Waals surface area contributed by atoms with E-state index in [1.165, 1.54) is 6.07 Å². The lowest BCUT2D eigenvalue weighted by molar-refractivity contribution is 0.545. The second kappa shape index (κ2) is 13.4. The fraction of sp³-hybridized carbons (Fsp3) is 0.312. The number of halogens is 1. The minimum Gasteiger partial charge on any atom is -0.252 e. The third-order valence-corrected chi connectivity index (χ3v) is 6.51. The lowest BCUT2D eigenvalue weighted by Crippen LogP contribution is -2.12. The minimum absolute atomic E-state index is 0.135. The first-order chi connectivity index (χ1) is 16.6. The molecule has 35 heavy (non-hydrogen) atoms. The molecule has 182 valence electrons. The molecule has 0 bridgehead atoms. The van der Waals surface area contributed by atoms with Gasteiger partial charge in [0, 0.05) is 5.69 Å². The molecule has 0 aliphatic heterocycles. The predicted octanol–water partition coefficient (Wildman–Crippen LogP) is 8.54. The predicted molar refractivity (Wildman–Crippen MR) is 147 cm³/mol. The summed E-state index contributed by atoms with van der Waals surface area (Å²) in [4.78, 5) is 4.97. The third kappa shape index (κ3) is 8.34. The maximum Gasteiger partial charge on any atom is 0.123 e. The molecule has 3 atom stereocenters. The van der Waals surface area contributed by atoms with Crippen molar-refractivity contribution in [3.63, 3.8) is 0 Å². The van der Waals surface area contributed by atoms with Crippen LogP contribution in [0.3, 0.4) is 0 Å². The van der Waals surface area contributed by atoms with Gasteiger partial charge in [-0.25, -0.2) is 4.39 Å². The summed E-state index contributed by atoms with van der Waals surface area (Å²) >= 11 is 0. The molecule has 0 amide bonds. The third-order valence-electron chi connectivity index (χ3n) is 6.51. The van der Waals surface area contributed by atoms with Crippen molar-refractivity contribution in [2.45, 2.75) is 47.0 Å². The molecule has 1 aromatic heterocycles. The molecule has 0 saturated heterocycles. The molecule has 2 aromatic rings. The summed E-state index contributed by atoms with van der Waals surface area (Å²) < 4.78 is 13.6. The highest BCUT2D eigenvalue weighted by Crippen LogP contribution is 2.33. The molecular weight excluding hydrogens is 431 g/mol. The van der Waals surface area contributed by atoms with Crippen LogP contribution in [0.5, 0.6) is 0 Å². The van der Waals surface area contributed by atoms with E-state index in [-0.39, 0.29) is 17.7 Å². The molecule has 2 nitrogen and oxygen atoms in total. The van der Waals surface area contributed by atoms with Crippen LogP contribution in [0, 0.1) is 34.9 Å². The first-order valence-corrected chi connectivity index (χ1v) is 12.2. The first-order valence-electron chi connectivity index (χ1n) is 12.2. The Balaban J connectivity index is 2.29. The molecular formula is C32H37FN2. The van der Waals surface area contributed by atoms with Gasteiger partial charge in [-0.15, -0.1) is 0 Å². The Hall–Kier alpha value is -3.51. The van der Waals surface area contributed by atoms with Crippen LogP contribution in [0.2, 0.25) is 0 Å². The number of benzene rings is 1. The van der Waals surface area contributed by atoms with E-state index in [4.69, 9.17) is 10.2 Å². The van der Waals surface area contributed by atoms with Gasteiger partial charge >= 0.3 is 0 Å². The zero-order valence-electron chi connectivity index (χ0n) is 21.5. The quantitative estimate of drug-likeness (QED) is 0.231. The summed E-state index contributed by atoms with van der Waals surface area (Å²) in [6, 6.07) is 13.0. The van der Waals surface area contributed by atoms with Crippen LogP contribution in [0.4, 0.5) is 4.39 Å². The molecule has 1 heterocycles. The summed E-state index contributed by atoms with van der Waals surface area (Å²) in [7, 11) is 0. The Labute approximate surface area is 210 Å². The van der Waals surface area contributed by atoms with Crippen LogP contribution < -0.4 is 0 Å². The maximum absolute atomic E-state index is 13.6. The average molecular weight is 469 g/mol. The Morgan fingerprint density at radius 2 is 1.80 bits per heavy atom. The number of nitriles is 1. The molecule has 0 N–H and O–H groups in total. The molecule has 0 aliphatic rings. The molecule has 3 heteroatoms. The molecule has 1 aromatic carbocycles. The van der Waals surface area contributed by atoms with E-state index in [1.807, 2.05) is 43.4 Å². The van der Waals surface area contributed by atoms with Gasteiger partial charge in [-0.05, 0) is 85.4 Å². The molecule has 0 saturated carbocycles. The van der Waals surface area contributed by atoms with Crippen molar-refractivity contribution < 1.29 is 4.39 Å². The molecule has 2 rings (SSSR count). The fourth-order valence-corrected chi connectivity index (χ4v) is 3.82. The largest absolute Gasteiger partial charge is 0.252 e. The number of nitrogens with zero attached hydrogens (tertiary/aromatic N) is 2. The molecule has 0 aliphatic carbocycles. The second-order valence-corrected chi connectivity index (χ2v) is 9.31. The van der Waals surface area contributed by atoms with Crippen molar-refractivity contribution in [3.8, 4) is 6.07 Å². The molecule has 3 unspecified atom stereocenters. The van der Waals surface area contributed by atoms with Crippen LogP contribution in [-0.2, 0) is 12.8 Å². The molecule has 0 radical (unpaired) electrons. The minimum atomic E-state index is -0.208. The van der Waals surface area contributed by atoms with Crippen molar-refractivity contribution in [2.75, 3.05) is 0 Å². The lowest BCUT2D eigenvalue weighted by atomic mass is 9.81. The van der Waals surface area contributed by atoms with Gasteiger partial charge in [0.2, 0.25) is 0 Å². The van der Waals surface area contributed by atoms with Gasteiger partial charge in [-0.3, -0.25) is 4.98 Å². The lowest BCUT2D eigenvalue weighted by Gasteiger charge is -2.24. The van der Waals surface area contributed by atoms with Gasteiger partial charge in [-0.1, -0.05) is 81.7 Å². The fourth-order valence-electron chi connectivity index (χ4n) is 3.82. The van der Waals surface area contributed by atoms with Gasteiger partial charge in [0.1, 0.15) is 5.82 Å². The zero-order chi connectivity index (χ0) is 26.0. The number of hydrogen-bond acceptors (Lipinski definition) is 2. The van der Waals surface area contributed by atoms with E-state index in [0.29, 0.717) is 5.92 Å². The Morgan fingerprint density at radius 3 is 2.46 bits per heavy atom. The smallest absolute Gasteiger partial charge is 0.123 e. The van der Waals surface area contributed by atoms with Crippen molar-refractivity contribution in [3.05, 3.63) is 114 Å². The number of hydrogen-bond donors (Lipinski definition) is 0. The van der Waals surface area contributed by atoms with Gasteiger partial charge in [0.05, 0.1) is 17.7 Å². The van der Waals surface area contributed by atoms with Gasteiger partial charge in [0.25, 0.3) is 0 Å². The maximum atomic E-state index is 13.6. The van der Waals surface area contributed by atoms with Gasteiger partial charge < -0.3 is 0 Å². The van der Waals surface area contributed by atoms with Crippen molar-refractivity contribution in [2.24, 2.45) is 17.8 Å². The van der Waals surface area contributed by atoms with E-state index in [9.17, 15) is 4.39 Å². The second-order valence-electron chi connectivity index (χ2n) is 9.31. The molecule has 0 spiro atoms. The van der Waals surface area contributed by atoms with Crippen LogP contribution >= 0.6 is 0 Å².